The molecule has 0 spiro atoms. The number of piperazine rings is 1. The number of rotatable bonds is 8. The second kappa shape index (κ2) is 11.3. The molecule has 1 aliphatic rings. The van der Waals surface area contributed by atoms with Crippen molar-refractivity contribution in [2.24, 2.45) is 0 Å². The Morgan fingerprint density at radius 3 is 2.67 bits per heavy atom. The molecule has 1 aliphatic heterocycles. The summed E-state index contributed by atoms with van der Waals surface area (Å²) in [4.78, 5) is 20.9. The standard InChI is InChI=1S/C28H29N5O3/c1-5-20-10-13-26(31-28(20)36-23-9-7-8-21(18-23)29-27(34)6-2)30-24-12-11-22(19-25(24)35-4)33-16-14-32(3)15-17-33/h1,6-13,18-19H,2,14-17H2,3-4H3,(H,29,34)(H,30,31). The van der Waals surface area contributed by atoms with E-state index in [1.54, 1.807) is 43.5 Å². The Morgan fingerprint density at radius 2 is 1.94 bits per heavy atom. The summed E-state index contributed by atoms with van der Waals surface area (Å²) in [6, 6.07) is 16.6. The number of ether oxygens (including phenoxy) is 2. The molecule has 2 N–H and O–H groups in total. The second-order valence-corrected chi connectivity index (χ2v) is 8.32. The number of amides is 1. The molecule has 0 unspecified atom stereocenters. The topological polar surface area (TPSA) is 79.0 Å². The Balaban J connectivity index is 1.54. The van der Waals surface area contributed by atoms with Crippen LogP contribution >= 0.6 is 0 Å². The van der Waals surface area contributed by atoms with Crippen LogP contribution in [0.25, 0.3) is 0 Å². The van der Waals surface area contributed by atoms with E-state index < -0.39 is 0 Å². The van der Waals surface area contributed by atoms with Crippen LogP contribution in [0.15, 0.2) is 67.3 Å². The van der Waals surface area contributed by atoms with E-state index in [0.29, 0.717) is 28.6 Å². The lowest BCUT2D eigenvalue weighted by molar-refractivity contribution is -0.111. The van der Waals surface area contributed by atoms with E-state index in [9.17, 15) is 4.79 Å². The van der Waals surface area contributed by atoms with Crippen LogP contribution in [0.3, 0.4) is 0 Å². The number of hydrogen-bond acceptors (Lipinski definition) is 7. The molecule has 1 fully saturated rings. The summed E-state index contributed by atoms with van der Waals surface area (Å²) in [6.45, 7) is 7.46. The predicted molar refractivity (Wildman–Crippen MR) is 144 cm³/mol. The zero-order valence-electron chi connectivity index (χ0n) is 20.5. The minimum Gasteiger partial charge on any atom is -0.494 e. The Morgan fingerprint density at radius 1 is 1.14 bits per heavy atom. The van der Waals surface area contributed by atoms with Crippen molar-refractivity contribution in [3.63, 3.8) is 0 Å². The van der Waals surface area contributed by atoms with E-state index in [-0.39, 0.29) is 11.8 Å². The Labute approximate surface area is 211 Å². The first-order valence-corrected chi connectivity index (χ1v) is 11.6. The average Bonchev–Trinajstić information content (AvgIpc) is 2.90. The van der Waals surface area contributed by atoms with Gasteiger partial charge in [0.05, 0.1) is 18.4 Å². The third-order valence-corrected chi connectivity index (χ3v) is 5.83. The second-order valence-electron chi connectivity index (χ2n) is 8.32. The van der Waals surface area contributed by atoms with Gasteiger partial charge in [-0.25, -0.2) is 0 Å². The number of nitrogens with one attached hydrogen (secondary N) is 2. The third-order valence-electron chi connectivity index (χ3n) is 5.83. The van der Waals surface area contributed by atoms with Gasteiger partial charge in [0.15, 0.2) is 0 Å². The minimum atomic E-state index is -0.312. The molecule has 3 aromatic rings. The van der Waals surface area contributed by atoms with E-state index >= 15 is 0 Å². The number of terminal acetylenes is 1. The van der Waals surface area contributed by atoms with Gasteiger partial charge >= 0.3 is 0 Å². The molecule has 1 aromatic heterocycles. The normalized spacial score (nSPS) is 13.4. The molecule has 1 amide bonds. The van der Waals surface area contributed by atoms with Crippen molar-refractivity contribution >= 4 is 28.8 Å². The maximum absolute atomic E-state index is 11.6. The van der Waals surface area contributed by atoms with Gasteiger partial charge in [-0.2, -0.15) is 4.98 Å². The van der Waals surface area contributed by atoms with Gasteiger partial charge in [0, 0.05) is 49.7 Å². The molecule has 8 nitrogen and oxygen atoms in total. The van der Waals surface area contributed by atoms with Crippen LogP contribution in [-0.4, -0.2) is 56.1 Å². The van der Waals surface area contributed by atoms with Crippen molar-refractivity contribution in [1.29, 1.82) is 0 Å². The first-order valence-electron chi connectivity index (χ1n) is 11.6. The molecule has 184 valence electrons. The summed E-state index contributed by atoms with van der Waals surface area (Å²) in [6.07, 6.45) is 6.88. The van der Waals surface area contributed by atoms with Gasteiger partial charge in [0.2, 0.25) is 11.8 Å². The molecule has 2 aromatic carbocycles. The van der Waals surface area contributed by atoms with E-state index in [0.717, 1.165) is 37.6 Å². The summed E-state index contributed by atoms with van der Waals surface area (Å²) in [7, 11) is 3.79. The summed E-state index contributed by atoms with van der Waals surface area (Å²) in [5, 5.41) is 6.01. The van der Waals surface area contributed by atoms with Crippen molar-refractivity contribution < 1.29 is 14.3 Å². The third kappa shape index (κ3) is 5.95. The lowest BCUT2D eigenvalue weighted by Crippen LogP contribution is -2.44. The zero-order chi connectivity index (χ0) is 25.5. The van der Waals surface area contributed by atoms with Crippen molar-refractivity contribution in [1.82, 2.24) is 9.88 Å². The summed E-state index contributed by atoms with van der Waals surface area (Å²) >= 11 is 0. The van der Waals surface area contributed by atoms with Gasteiger partial charge in [0.25, 0.3) is 0 Å². The highest BCUT2D eigenvalue weighted by Crippen LogP contribution is 2.33. The molecule has 0 aliphatic carbocycles. The van der Waals surface area contributed by atoms with Gasteiger partial charge in [-0.3, -0.25) is 4.79 Å². The van der Waals surface area contributed by atoms with Gasteiger partial charge in [-0.15, -0.1) is 6.42 Å². The molecule has 2 heterocycles. The molecule has 0 saturated carbocycles. The largest absolute Gasteiger partial charge is 0.494 e. The van der Waals surface area contributed by atoms with E-state index in [2.05, 4.69) is 51.0 Å². The highest BCUT2D eigenvalue weighted by molar-refractivity contribution is 5.98. The van der Waals surface area contributed by atoms with Crippen LogP contribution in [0.4, 0.5) is 22.9 Å². The van der Waals surface area contributed by atoms with Crippen LogP contribution in [-0.2, 0) is 4.79 Å². The number of benzene rings is 2. The van der Waals surface area contributed by atoms with E-state index in [1.165, 1.54) is 6.08 Å². The van der Waals surface area contributed by atoms with Crippen molar-refractivity contribution in [2.75, 3.05) is 55.9 Å². The lowest BCUT2D eigenvalue weighted by atomic mass is 10.2. The molecule has 8 heteroatoms. The fraction of sp³-hybridized carbons (Fsp3) is 0.214. The quantitative estimate of drug-likeness (QED) is 0.361. The fourth-order valence-corrected chi connectivity index (χ4v) is 3.82. The lowest BCUT2D eigenvalue weighted by Gasteiger charge is -2.34. The van der Waals surface area contributed by atoms with Crippen LogP contribution in [0.1, 0.15) is 5.56 Å². The molecule has 0 bridgehead atoms. The highest BCUT2D eigenvalue weighted by atomic mass is 16.5. The van der Waals surface area contributed by atoms with Crippen molar-refractivity contribution in [2.45, 2.75) is 0 Å². The monoisotopic (exact) mass is 483 g/mol. The number of nitrogens with zero attached hydrogens (tertiary/aromatic N) is 3. The van der Waals surface area contributed by atoms with Crippen molar-refractivity contribution in [3.8, 4) is 29.7 Å². The average molecular weight is 484 g/mol. The van der Waals surface area contributed by atoms with E-state index in [4.69, 9.17) is 15.9 Å². The van der Waals surface area contributed by atoms with Crippen LogP contribution in [0.2, 0.25) is 0 Å². The summed E-state index contributed by atoms with van der Waals surface area (Å²) in [5.74, 6) is 4.29. The zero-order valence-corrected chi connectivity index (χ0v) is 20.5. The fourth-order valence-electron chi connectivity index (χ4n) is 3.82. The Hall–Kier alpha value is -4.48. The first kappa shape index (κ1) is 24.6. The number of hydrogen-bond donors (Lipinski definition) is 2. The molecule has 0 atom stereocenters. The number of likely N-dealkylation sites (N-methyl/N-ethyl adjacent to an activating group) is 1. The molecule has 1 saturated heterocycles. The smallest absolute Gasteiger partial charge is 0.247 e. The maximum atomic E-state index is 11.6. The van der Waals surface area contributed by atoms with Gasteiger partial charge in [-0.05, 0) is 49.5 Å². The predicted octanol–water partition coefficient (Wildman–Crippen LogP) is 4.48. The number of methoxy groups -OCH3 is 1. The SMILES string of the molecule is C#Cc1ccc(Nc2ccc(N3CCN(C)CC3)cc2OC)nc1Oc1cccc(NC(=O)C=C)c1. The van der Waals surface area contributed by atoms with Crippen LogP contribution in [0.5, 0.6) is 17.4 Å². The van der Waals surface area contributed by atoms with E-state index in [1.807, 2.05) is 12.1 Å². The van der Waals surface area contributed by atoms with Gasteiger partial charge in [0.1, 0.15) is 17.3 Å². The first-order chi connectivity index (χ1) is 17.5. The number of aromatic nitrogens is 1. The maximum Gasteiger partial charge on any atom is 0.247 e. The van der Waals surface area contributed by atoms with Crippen LogP contribution < -0.4 is 25.0 Å². The minimum absolute atomic E-state index is 0.266. The van der Waals surface area contributed by atoms with Gasteiger partial charge in [-0.1, -0.05) is 18.6 Å². The summed E-state index contributed by atoms with van der Waals surface area (Å²) in [5.41, 5.74) is 2.96. The molecular weight excluding hydrogens is 454 g/mol. The highest BCUT2D eigenvalue weighted by Gasteiger charge is 2.16. The number of carbonyl (C=O) groups is 1. The molecule has 0 radical (unpaired) electrons. The Kier molecular flexibility index (Phi) is 7.73. The Bertz CT molecular complexity index is 1290. The molecule has 36 heavy (non-hydrogen) atoms. The summed E-state index contributed by atoms with van der Waals surface area (Å²) < 4.78 is 11.6. The number of carbonyl (C=O) groups excluding carboxylic acids is 1. The molecule has 4 rings (SSSR count). The van der Waals surface area contributed by atoms with Crippen molar-refractivity contribution in [3.05, 3.63) is 72.8 Å². The number of anilines is 4. The number of pyridine rings is 1. The van der Waals surface area contributed by atoms with Gasteiger partial charge < -0.3 is 29.9 Å². The van der Waals surface area contributed by atoms with Crippen LogP contribution in [0, 0.1) is 12.3 Å². The molecular formula is C28H29N5O3.